The molecule has 2 N–H and O–H groups in total. The lowest BCUT2D eigenvalue weighted by molar-refractivity contribution is 1.22. The molecule has 0 heterocycles. The molecule has 0 unspecified atom stereocenters. The van der Waals surface area contributed by atoms with Gasteiger partial charge >= 0.3 is 0 Å². The van der Waals surface area contributed by atoms with Gasteiger partial charge in [-0.15, -0.1) is 0 Å². The van der Waals surface area contributed by atoms with E-state index in [1.807, 2.05) is 12.2 Å². The Bertz CT molecular complexity index is 152. The van der Waals surface area contributed by atoms with Crippen molar-refractivity contribution in [2.24, 2.45) is 5.73 Å². The summed E-state index contributed by atoms with van der Waals surface area (Å²) in [4.78, 5) is 0. The standard InChI is InChI=1S/C7H8N/c8-6-7-4-2-1-3-5-7/h1-3,6H,4,8H2. The molecule has 1 rings (SSSR count). The SMILES string of the molecule is NC=C1[C]=CC=CC1. The third-order valence-corrected chi connectivity index (χ3v) is 1.04. The molecule has 1 aliphatic carbocycles. The number of rotatable bonds is 0. The van der Waals surface area contributed by atoms with Gasteiger partial charge in [0.25, 0.3) is 0 Å². The lowest BCUT2D eigenvalue weighted by atomic mass is 10.1. The largest absolute Gasteiger partial charge is 0.404 e. The summed E-state index contributed by atoms with van der Waals surface area (Å²) in [6.07, 6.45) is 11.4. The molecular weight excluding hydrogens is 98.1 g/mol. The molecular formula is C7H8N. The van der Waals surface area contributed by atoms with Crippen LogP contribution in [0.5, 0.6) is 0 Å². The molecule has 0 aliphatic heterocycles. The lowest BCUT2D eigenvalue weighted by Crippen LogP contribution is -1.86. The first-order valence-electron chi connectivity index (χ1n) is 2.59. The Labute approximate surface area is 49.2 Å². The minimum absolute atomic E-state index is 0.924. The summed E-state index contributed by atoms with van der Waals surface area (Å²) in [6.45, 7) is 0. The Kier molecular flexibility index (Phi) is 1.52. The van der Waals surface area contributed by atoms with E-state index in [1.54, 1.807) is 6.20 Å². The molecule has 0 saturated heterocycles. The van der Waals surface area contributed by atoms with Crippen LogP contribution in [0.4, 0.5) is 0 Å². The summed E-state index contributed by atoms with van der Waals surface area (Å²) >= 11 is 0. The highest BCUT2D eigenvalue weighted by Gasteiger charge is 1.89. The zero-order valence-electron chi connectivity index (χ0n) is 4.59. The summed E-state index contributed by atoms with van der Waals surface area (Å²) in [5, 5.41) is 0. The van der Waals surface area contributed by atoms with Crippen LogP contribution < -0.4 is 5.73 Å². The molecule has 0 amide bonds. The molecule has 0 fully saturated rings. The second-order valence-electron chi connectivity index (χ2n) is 1.64. The van der Waals surface area contributed by atoms with Crippen LogP contribution in [-0.2, 0) is 0 Å². The number of nitrogens with two attached hydrogens (primary N) is 1. The first kappa shape index (κ1) is 5.16. The van der Waals surface area contributed by atoms with Crippen molar-refractivity contribution in [1.82, 2.24) is 0 Å². The van der Waals surface area contributed by atoms with Crippen molar-refractivity contribution in [3.63, 3.8) is 0 Å². The highest BCUT2D eigenvalue weighted by atomic mass is 14.5. The molecule has 0 aromatic rings. The second-order valence-corrected chi connectivity index (χ2v) is 1.64. The fraction of sp³-hybridized carbons (Fsp3) is 0.143. The van der Waals surface area contributed by atoms with Gasteiger partial charge in [0, 0.05) is 0 Å². The Morgan fingerprint density at radius 1 is 1.75 bits per heavy atom. The van der Waals surface area contributed by atoms with Crippen molar-refractivity contribution in [3.8, 4) is 0 Å². The minimum atomic E-state index is 0.924. The monoisotopic (exact) mass is 106 g/mol. The first-order valence-corrected chi connectivity index (χ1v) is 2.59. The molecule has 0 saturated carbocycles. The van der Waals surface area contributed by atoms with Crippen LogP contribution in [0, 0.1) is 6.08 Å². The zero-order chi connectivity index (χ0) is 5.82. The molecule has 0 bridgehead atoms. The highest BCUT2D eigenvalue weighted by Crippen LogP contribution is 2.05. The third-order valence-electron chi connectivity index (χ3n) is 1.04. The molecule has 41 valence electrons. The van der Waals surface area contributed by atoms with E-state index in [2.05, 4.69) is 12.2 Å². The van der Waals surface area contributed by atoms with E-state index >= 15 is 0 Å². The Hall–Kier alpha value is -0.980. The van der Waals surface area contributed by atoms with Crippen LogP contribution in [0.25, 0.3) is 0 Å². The summed E-state index contributed by atoms with van der Waals surface area (Å²) < 4.78 is 0. The van der Waals surface area contributed by atoms with Gasteiger partial charge in [-0.3, -0.25) is 0 Å². The van der Waals surface area contributed by atoms with Crippen LogP contribution in [0.3, 0.4) is 0 Å². The van der Waals surface area contributed by atoms with E-state index in [4.69, 9.17) is 5.73 Å². The van der Waals surface area contributed by atoms with Crippen molar-refractivity contribution in [3.05, 3.63) is 36.1 Å². The van der Waals surface area contributed by atoms with Crippen molar-refractivity contribution < 1.29 is 0 Å². The minimum Gasteiger partial charge on any atom is -0.404 e. The van der Waals surface area contributed by atoms with Crippen molar-refractivity contribution >= 4 is 0 Å². The van der Waals surface area contributed by atoms with Crippen LogP contribution in [0.1, 0.15) is 6.42 Å². The molecule has 1 radical (unpaired) electrons. The normalized spacial score (nSPS) is 22.2. The van der Waals surface area contributed by atoms with Crippen molar-refractivity contribution in [2.75, 3.05) is 0 Å². The maximum atomic E-state index is 5.22. The number of hydrogen-bond donors (Lipinski definition) is 1. The van der Waals surface area contributed by atoms with E-state index in [1.165, 1.54) is 0 Å². The van der Waals surface area contributed by atoms with Gasteiger partial charge in [0.2, 0.25) is 0 Å². The molecule has 0 aromatic carbocycles. The second kappa shape index (κ2) is 2.36. The fourth-order valence-electron chi connectivity index (χ4n) is 0.593. The fourth-order valence-corrected chi connectivity index (χ4v) is 0.593. The summed E-state index contributed by atoms with van der Waals surface area (Å²) in [6, 6.07) is 0. The van der Waals surface area contributed by atoms with Crippen LogP contribution in [0.2, 0.25) is 0 Å². The van der Waals surface area contributed by atoms with E-state index in [-0.39, 0.29) is 0 Å². The molecule has 8 heavy (non-hydrogen) atoms. The summed E-state index contributed by atoms with van der Waals surface area (Å²) in [7, 11) is 0. The van der Waals surface area contributed by atoms with E-state index in [0.717, 1.165) is 12.0 Å². The van der Waals surface area contributed by atoms with Gasteiger partial charge in [0.15, 0.2) is 0 Å². The maximum Gasteiger partial charge on any atom is -0.00203 e. The Morgan fingerprint density at radius 3 is 3.00 bits per heavy atom. The smallest absolute Gasteiger partial charge is 0.00203 e. The predicted molar refractivity (Wildman–Crippen MR) is 33.8 cm³/mol. The Morgan fingerprint density at radius 2 is 2.62 bits per heavy atom. The highest BCUT2D eigenvalue weighted by molar-refractivity contribution is 5.23. The molecule has 0 atom stereocenters. The number of hydrogen-bond acceptors (Lipinski definition) is 1. The molecule has 1 aliphatic rings. The van der Waals surface area contributed by atoms with E-state index in [9.17, 15) is 0 Å². The van der Waals surface area contributed by atoms with Gasteiger partial charge in [-0.2, -0.15) is 0 Å². The third kappa shape index (κ3) is 0.997. The quantitative estimate of drug-likeness (QED) is 0.492. The van der Waals surface area contributed by atoms with Crippen LogP contribution >= 0.6 is 0 Å². The van der Waals surface area contributed by atoms with Crippen LogP contribution in [0.15, 0.2) is 30.0 Å². The lowest BCUT2D eigenvalue weighted by Gasteiger charge is -1.96. The van der Waals surface area contributed by atoms with E-state index in [0.29, 0.717) is 0 Å². The molecule has 1 nitrogen and oxygen atoms in total. The van der Waals surface area contributed by atoms with Gasteiger partial charge in [0.05, 0.1) is 0 Å². The maximum absolute atomic E-state index is 5.22. The average Bonchev–Trinajstić information content (AvgIpc) is 1.90. The summed E-state index contributed by atoms with van der Waals surface area (Å²) in [5.41, 5.74) is 6.29. The summed E-state index contributed by atoms with van der Waals surface area (Å²) in [5.74, 6) is 0. The predicted octanol–water partition coefficient (Wildman–Crippen LogP) is 1.15. The Balaban J connectivity index is 2.66. The first-order chi connectivity index (χ1) is 3.93. The van der Waals surface area contributed by atoms with Crippen molar-refractivity contribution in [1.29, 1.82) is 0 Å². The topological polar surface area (TPSA) is 26.0 Å². The average molecular weight is 106 g/mol. The zero-order valence-corrected chi connectivity index (χ0v) is 4.59. The van der Waals surface area contributed by atoms with Crippen LogP contribution in [-0.4, -0.2) is 0 Å². The molecule has 0 aromatic heterocycles. The van der Waals surface area contributed by atoms with Crippen molar-refractivity contribution in [2.45, 2.75) is 6.42 Å². The van der Waals surface area contributed by atoms with E-state index < -0.39 is 0 Å². The molecule has 0 spiro atoms. The number of allylic oxidation sites excluding steroid dienone is 5. The van der Waals surface area contributed by atoms with Gasteiger partial charge in [-0.25, -0.2) is 0 Å². The van der Waals surface area contributed by atoms with Gasteiger partial charge < -0.3 is 5.73 Å². The molecule has 1 heteroatoms. The van der Waals surface area contributed by atoms with Gasteiger partial charge in [-0.1, -0.05) is 18.2 Å². The van der Waals surface area contributed by atoms with Gasteiger partial charge in [0.1, 0.15) is 0 Å². The van der Waals surface area contributed by atoms with Gasteiger partial charge in [-0.05, 0) is 24.3 Å².